The van der Waals surface area contributed by atoms with E-state index in [1.54, 1.807) is 24.3 Å². The van der Waals surface area contributed by atoms with Gasteiger partial charge in [-0.25, -0.2) is 17.2 Å². The van der Waals surface area contributed by atoms with Gasteiger partial charge in [0.1, 0.15) is 16.5 Å². The maximum absolute atomic E-state index is 14.5. The van der Waals surface area contributed by atoms with Crippen LogP contribution in [0.2, 0.25) is 0 Å². The predicted octanol–water partition coefficient (Wildman–Crippen LogP) is 4.01. The van der Waals surface area contributed by atoms with Crippen molar-refractivity contribution in [1.82, 2.24) is 4.57 Å². The number of sulfone groups is 1. The summed E-state index contributed by atoms with van der Waals surface area (Å²) in [6, 6.07) is 8.21. The standard InChI is InChI=1S/C16H10BrF2NO3S2/c1-25(22,23)15-7-12(18)11(6-13(15)19)14-8-24-16(21)20(14)10-4-2-3-9(17)5-10/h2-8H,1H3. The van der Waals surface area contributed by atoms with E-state index in [9.17, 15) is 22.0 Å². The molecule has 0 aliphatic carbocycles. The highest BCUT2D eigenvalue weighted by molar-refractivity contribution is 9.10. The molecule has 0 atom stereocenters. The van der Waals surface area contributed by atoms with E-state index < -0.39 is 26.4 Å². The molecule has 3 aromatic rings. The van der Waals surface area contributed by atoms with Crippen molar-refractivity contribution in [2.24, 2.45) is 0 Å². The maximum Gasteiger partial charge on any atom is 0.312 e. The number of aromatic nitrogens is 1. The Morgan fingerprint density at radius 1 is 1.12 bits per heavy atom. The molecule has 0 N–H and O–H groups in total. The summed E-state index contributed by atoms with van der Waals surface area (Å²) in [5.41, 5.74) is 0.426. The molecule has 1 aromatic heterocycles. The van der Waals surface area contributed by atoms with Crippen LogP contribution >= 0.6 is 27.3 Å². The molecular weight excluding hydrogens is 436 g/mol. The van der Waals surface area contributed by atoms with E-state index >= 15 is 0 Å². The fourth-order valence-electron chi connectivity index (χ4n) is 2.36. The minimum atomic E-state index is -3.90. The van der Waals surface area contributed by atoms with Gasteiger partial charge in [-0.2, -0.15) is 0 Å². The van der Waals surface area contributed by atoms with E-state index in [1.165, 1.54) is 9.95 Å². The van der Waals surface area contributed by atoms with Gasteiger partial charge in [-0.05, 0) is 30.3 Å². The Morgan fingerprint density at radius 2 is 1.84 bits per heavy atom. The minimum Gasteiger partial charge on any atom is -0.267 e. The lowest BCUT2D eigenvalue weighted by molar-refractivity contribution is 0.557. The van der Waals surface area contributed by atoms with Crippen LogP contribution in [0.25, 0.3) is 16.9 Å². The summed E-state index contributed by atoms with van der Waals surface area (Å²) >= 11 is 4.13. The molecule has 0 spiro atoms. The van der Waals surface area contributed by atoms with Gasteiger partial charge in [0.05, 0.1) is 11.4 Å². The van der Waals surface area contributed by atoms with Gasteiger partial charge in [0.25, 0.3) is 0 Å². The van der Waals surface area contributed by atoms with Crippen molar-refractivity contribution in [2.45, 2.75) is 4.90 Å². The lowest BCUT2D eigenvalue weighted by Gasteiger charge is -2.10. The molecule has 0 fully saturated rings. The highest BCUT2D eigenvalue weighted by Gasteiger charge is 2.21. The number of hydrogen-bond donors (Lipinski definition) is 0. The summed E-state index contributed by atoms with van der Waals surface area (Å²) < 4.78 is 53.7. The molecule has 2 aromatic carbocycles. The molecule has 0 saturated carbocycles. The van der Waals surface area contributed by atoms with Gasteiger partial charge < -0.3 is 0 Å². The molecule has 25 heavy (non-hydrogen) atoms. The molecule has 0 radical (unpaired) electrons. The van der Waals surface area contributed by atoms with Gasteiger partial charge >= 0.3 is 4.87 Å². The Hall–Kier alpha value is -1.84. The Balaban J connectivity index is 2.26. The molecule has 0 saturated heterocycles. The fourth-order valence-corrected chi connectivity index (χ4v) is 4.23. The number of benzene rings is 2. The first kappa shape index (κ1) is 18.0. The van der Waals surface area contributed by atoms with Crippen LogP contribution in [-0.2, 0) is 9.84 Å². The van der Waals surface area contributed by atoms with Gasteiger partial charge in [-0.3, -0.25) is 9.36 Å². The molecule has 0 aliphatic heterocycles. The summed E-state index contributed by atoms with van der Waals surface area (Å²) in [4.78, 5) is 11.1. The topological polar surface area (TPSA) is 56.1 Å². The Labute approximate surface area is 154 Å². The molecule has 1 heterocycles. The van der Waals surface area contributed by atoms with Crippen molar-refractivity contribution in [3.63, 3.8) is 0 Å². The Bertz CT molecular complexity index is 1140. The molecule has 0 aliphatic rings. The fraction of sp³-hybridized carbons (Fsp3) is 0.0625. The number of rotatable bonds is 3. The third-order valence-corrected chi connectivity index (χ3v) is 5.79. The number of halogens is 3. The zero-order chi connectivity index (χ0) is 18.4. The molecule has 4 nitrogen and oxygen atoms in total. The zero-order valence-corrected chi connectivity index (χ0v) is 15.9. The number of hydrogen-bond acceptors (Lipinski definition) is 4. The largest absolute Gasteiger partial charge is 0.312 e. The van der Waals surface area contributed by atoms with Gasteiger partial charge in [-0.1, -0.05) is 33.3 Å². The first-order chi connectivity index (χ1) is 11.7. The average molecular weight is 446 g/mol. The maximum atomic E-state index is 14.5. The monoisotopic (exact) mass is 445 g/mol. The zero-order valence-electron chi connectivity index (χ0n) is 12.7. The van der Waals surface area contributed by atoms with E-state index in [4.69, 9.17) is 0 Å². The van der Waals surface area contributed by atoms with Crippen LogP contribution in [0.3, 0.4) is 0 Å². The quantitative estimate of drug-likeness (QED) is 0.611. The van der Waals surface area contributed by atoms with Crippen molar-refractivity contribution in [1.29, 1.82) is 0 Å². The number of nitrogens with zero attached hydrogens (tertiary/aromatic N) is 1. The molecule has 0 bridgehead atoms. The third kappa shape index (κ3) is 3.44. The van der Waals surface area contributed by atoms with Gasteiger partial charge in [-0.15, -0.1) is 0 Å². The summed E-state index contributed by atoms with van der Waals surface area (Å²) in [6.45, 7) is 0. The van der Waals surface area contributed by atoms with Gasteiger partial charge in [0.15, 0.2) is 9.84 Å². The molecular formula is C16H10BrF2NO3S2. The van der Waals surface area contributed by atoms with Crippen LogP contribution in [0.4, 0.5) is 8.78 Å². The highest BCUT2D eigenvalue weighted by atomic mass is 79.9. The van der Waals surface area contributed by atoms with E-state index in [0.29, 0.717) is 16.2 Å². The summed E-state index contributed by atoms with van der Waals surface area (Å²) in [5, 5.41) is 1.40. The minimum absolute atomic E-state index is 0.143. The molecule has 3 rings (SSSR count). The van der Waals surface area contributed by atoms with Crippen LogP contribution in [0, 0.1) is 11.6 Å². The van der Waals surface area contributed by atoms with Crippen LogP contribution in [0.1, 0.15) is 0 Å². The second-order valence-corrected chi connectivity index (χ2v) is 8.96. The van der Waals surface area contributed by atoms with Crippen LogP contribution in [0.15, 0.2) is 55.9 Å². The predicted molar refractivity (Wildman–Crippen MR) is 96.1 cm³/mol. The lowest BCUT2D eigenvalue weighted by Crippen LogP contribution is -2.12. The summed E-state index contributed by atoms with van der Waals surface area (Å²) in [5.74, 6) is -2.00. The van der Waals surface area contributed by atoms with E-state index in [0.717, 1.165) is 23.7 Å². The highest BCUT2D eigenvalue weighted by Crippen LogP contribution is 2.30. The third-order valence-electron chi connectivity index (χ3n) is 3.46. The summed E-state index contributed by atoms with van der Waals surface area (Å²) in [6.07, 6.45) is 0.798. The van der Waals surface area contributed by atoms with E-state index in [-0.39, 0.29) is 16.1 Å². The van der Waals surface area contributed by atoms with Gasteiger partial charge in [0, 0.05) is 21.7 Å². The van der Waals surface area contributed by atoms with Crippen molar-refractivity contribution in [3.8, 4) is 16.9 Å². The molecule has 130 valence electrons. The average Bonchev–Trinajstić information content (AvgIpc) is 2.89. The van der Waals surface area contributed by atoms with E-state index in [1.807, 2.05) is 0 Å². The van der Waals surface area contributed by atoms with Crippen LogP contribution in [-0.4, -0.2) is 19.2 Å². The van der Waals surface area contributed by atoms with Crippen LogP contribution in [0.5, 0.6) is 0 Å². The van der Waals surface area contributed by atoms with Crippen molar-refractivity contribution in [3.05, 3.63) is 67.6 Å². The lowest BCUT2D eigenvalue weighted by atomic mass is 10.1. The molecule has 0 unspecified atom stereocenters. The van der Waals surface area contributed by atoms with Crippen molar-refractivity contribution in [2.75, 3.05) is 6.26 Å². The molecule has 0 amide bonds. The first-order valence-corrected chi connectivity index (χ1v) is 10.4. The SMILES string of the molecule is CS(=O)(=O)c1cc(F)c(-c2csc(=O)n2-c2cccc(Br)c2)cc1F. The van der Waals surface area contributed by atoms with Crippen molar-refractivity contribution < 1.29 is 17.2 Å². The second kappa shape index (κ2) is 6.47. The van der Waals surface area contributed by atoms with E-state index in [2.05, 4.69) is 15.9 Å². The second-order valence-electron chi connectivity index (χ2n) is 5.24. The van der Waals surface area contributed by atoms with Gasteiger partial charge in [0.2, 0.25) is 0 Å². The summed E-state index contributed by atoms with van der Waals surface area (Å²) in [7, 11) is -3.90. The van der Waals surface area contributed by atoms with Crippen molar-refractivity contribution >= 4 is 37.1 Å². The smallest absolute Gasteiger partial charge is 0.267 e. The Morgan fingerprint density at radius 3 is 2.48 bits per heavy atom. The number of thiazole rings is 1. The molecule has 9 heteroatoms. The van der Waals surface area contributed by atoms with Crippen LogP contribution < -0.4 is 4.87 Å². The first-order valence-electron chi connectivity index (χ1n) is 6.84. The Kier molecular flexibility index (Phi) is 4.65. The normalized spacial score (nSPS) is 11.7.